The molecule has 1 aromatic carbocycles. The summed E-state index contributed by atoms with van der Waals surface area (Å²) in [6.45, 7) is 3.69. The van der Waals surface area contributed by atoms with Crippen LogP contribution >= 0.6 is 15.9 Å². The van der Waals surface area contributed by atoms with E-state index in [1.807, 2.05) is 18.3 Å². The molecule has 0 radical (unpaired) electrons. The van der Waals surface area contributed by atoms with Crippen LogP contribution in [0.3, 0.4) is 0 Å². The smallest absolute Gasteiger partial charge is 0.136 e. The Labute approximate surface area is 126 Å². The number of rotatable bonds is 2. The number of hydrogen-bond donors (Lipinski definition) is 1. The summed E-state index contributed by atoms with van der Waals surface area (Å²) < 4.78 is 5.86. The van der Waals surface area contributed by atoms with E-state index in [-0.39, 0.29) is 18.0 Å². The number of alkyl halides is 1. The van der Waals surface area contributed by atoms with Gasteiger partial charge in [0.25, 0.3) is 0 Å². The Kier molecular flexibility index (Phi) is 3.81. The minimum Gasteiger partial charge on any atom is -0.508 e. The van der Waals surface area contributed by atoms with E-state index < -0.39 is 0 Å². The molecule has 1 saturated heterocycles. The lowest BCUT2D eigenvalue weighted by Crippen LogP contribution is -2.47. The molecule has 1 aliphatic heterocycles. The summed E-state index contributed by atoms with van der Waals surface area (Å²) in [6, 6.07) is 7.36. The Morgan fingerprint density at radius 2 is 2.25 bits per heavy atom. The second kappa shape index (κ2) is 5.58. The molecule has 1 aliphatic rings. The summed E-state index contributed by atoms with van der Waals surface area (Å²) in [7, 11) is 0. The van der Waals surface area contributed by atoms with Crippen LogP contribution in [0.25, 0.3) is 10.8 Å². The zero-order chi connectivity index (χ0) is 14.1. The third kappa shape index (κ3) is 2.60. The first kappa shape index (κ1) is 13.6. The van der Waals surface area contributed by atoms with Crippen LogP contribution in [-0.2, 0) is 4.74 Å². The number of fused-ring (bicyclic) bond motifs is 1. The van der Waals surface area contributed by atoms with Gasteiger partial charge in [0, 0.05) is 30.0 Å². The van der Waals surface area contributed by atoms with Crippen LogP contribution in [0, 0.1) is 0 Å². The molecule has 0 amide bonds. The van der Waals surface area contributed by atoms with Crippen LogP contribution in [0.1, 0.15) is 6.92 Å². The van der Waals surface area contributed by atoms with E-state index in [1.165, 1.54) is 0 Å². The molecule has 2 atom stereocenters. The minimum absolute atomic E-state index is 0.160. The van der Waals surface area contributed by atoms with Crippen LogP contribution in [0.5, 0.6) is 5.75 Å². The first-order valence-corrected chi connectivity index (χ1v) is 7.83. The van der Waals surface area contributed by atoms with Crippen molar-refractivity contribution in [3.63, 3.8) is 0 Å². The van der Waals surface area contributed by atoms with E-state index in [4.69, 9.17) is 4.74 Å². The molecule has 1 fully saturated rings. The van der Waals surface area contributed by atoms with Crippen molar-refractivity contribution >= 4 is 32.5 Å². The number of halogens is 1. The van der Waals surface area contributed by atoms with Gasteiger partial charge in [0.2, 0.25) is 0 Å². The van der Waals surface area contributed by atoms with Crippen LogP contribution in [0.15, 0.2) is 30.5 Å². The maximum absolute atomic E-state index is 9.72. The number of phenolic OH excluding ortho intramolecular Hbond substituents is 1. The molecule has 0 bridgehead atoms. The molecule has 20 heavy (non-hydrogen) atoms. The van der Waals surface area contributed by atoms with Crippen molar-refractivity contribution in [3.8, 4) is 5.75 Å². The number of phenols is 1. The minimum atomic E-state index is 0.160. The van der Waals surface area contributed by atoms with Gasteiger partial charge in [-0.15, -0.1) is 0 Å². The lowest BCUT2D eigenvalue weighted by molar-refractivity contribution is -0.00213. The SMILES string of the molecule is CC1CN(c2nccc3ccc(O)cc23)CC(CBr)O1. The standard InChI is InChI=1S/C15H17BrN2O2/c1-10-8-18(9-13(7-16)20-10)15-14-6-12(19)3-2-11(14)4-5-17-15/h2-6,10,13,19H,7-9H2,1H3. The Morgan fingerprint density at radius 1 is 1.40 bits per heavy atom. The van der Waals surface area contributed by atoms with E-state index in [2.05, 4.69) is 32.7 Å². The van der Waals surface area contributed by atoms with Gasteiger partial charge >= 0.3 is 0 Å². The Bertz CT molecular complexity index is 620. The fourth-order valence-corrected chi connectivity index (χ4v) is 3.05. The predicted molar refractivity (Wildman–Crippen MR) is 83.7 cm³/mol. The van der Waals surface area contributed by atoms with Gasteiger partial charge in [0.05, 0.1) is 12.2 Å². The Hall–Kier alpha value is -1.33. The average molecular weight is 337 g/mol. The van der Waals surface area contributed by atoms with E-state index in [0.717, 1.165) is 35.0 Å². The number of ether oxygens (including phenoxy) is 1. The number of aromatic nitrogens is 1. The van der Waals surface area contributed by atoms with Crippen molar-refractivity contribution in [1.82, 2.24) is 4.98 Å². The quantitative estimate of drug-likeness (QED) is 0.856. The van der Waals surface area contributed by atoms with Gasteiger partial charge in [-0.1, -0.05) is 22.0 Å². The van der Waals surface area contributed by atoms with Crippen LogP contribution in [0.4, 0.5) is 5.82 Å². The first-order chi connectivity index (χ1) is 9.67. The van der Waals surface area contributed by atoms with Gasteiger partial charge in [-0.3, -0.25) is 0 Å². The van der Waals surface area contributed by atoms with Crippen LogP contribution in [-0.4, -0.2) is 40.7 Å². The molecule has 2 heterocycles. The highest BCUT2D eigenvalue weighted by Crippen LogP contribution is 2.29. The van der Waals surface area contributed by atoms with Gasteiger partial charge < -0.3 is 14.7 Å². The molecule has 4 nitrogen and oxygen atoms in total. The maximum Gasteiger partial charge on any atom is 0.136 e. The summed E-state index contributed by atoms with van der Waals surface area (Å²) in [5, 5.41) is 12.6. The Balaban J connectivity index is 2.02. The molecule has 0 spiro atoms. The normalized spacial score (nSPS) is 23.2. The number of hydrogen-bond acceptors (Lipinski definition) is 4. The van der Waals surface area contributed by atoms with Crippen molar-refractivity contribution in [1.29, 1.82) is 0 Å². The molecule has 2 aromatic rings. The van der Waals surface area contributed by atoms with Crippen molar-refractivity contribution in [2.75, 3.05) is 23.3 Å². The van der Waals surface area contributed by atoms with Gasteiger partial charge in [0.15, 0.2) is 0 Å². The molecule has 1 aromatic heterocycles. The summed E-state index contributed by atoms with van der Waals surface area (Å²) in [4.78, 5) is 6.76. The summed E-state index contributed by atoms with van der Waals surface area (Å²) >= 11 is 3.49. The number of morpholine rings is 1. The van der Waals surface area contributed by atoms with E-state index in [9.17, 15) is 5.11 Å². The number of benzene rings is 1. The highest BCUT2D eigenvalue weighted by atomic mass is 79.9. The van der Waals surface area contributed by atoms with Crippen molar-refractivity contribution in [2.45, 2.75) is 19.1 Å². The summed E-state index contributed by atoms with van der Waals surface area (Å²) in [5.41, 5.74) is 0. The van der Waals surface area contributed by atoms with Crippen molar-refractivity contribution in [2.24, 2.45) is 0 Å². The highest BCUT2D eigenvalue weighted by Gasteiger charge is 2.26. The van der Waals surface area contributed by atoms with E-state index >= 15 is 0 Å². The summed E-state index contributed by atoms with van der Waals surface area (Å²) in [6.07, 6.45) is 2.15. The number of pyridine rings is 1. The maximum atomic E-state index is 9.72. The lowest BCUT2D eigenvalue weighted by atomic mass is 10.1. The average Bonchev–Trinajstić information content (AvgIpc) is 2.45. The molecule has 0 saturated carbocycles. The molecule has 2 unspecified atom stereocenters. The molecule has 0 aliphatic carbocycles. The van der Waals surface area contributed by atoms with Crippen LogP contribution < -0.4 is 4.90 Å². The fourth-order valence-electron chi connectivity index (χ4n) is 2.70. The molecule has 1 N–H and O–H groups in total. The van der Waals surface area contributed by atoms with E-state index in [1.54, 1.807) is 12.1 Å². The largest absolute Gasteiger partial charge is 0.508 e. The summed E-state index contributed by atoms with van der Waals surface area (Å²) in [5.74, 6) is 1.18. The monoisotopic (exact) mass is 336 g/mol. The van der Waals surface area contributed by atoms with Crippen molar-refractivity contribution in [3.05, 3.63) is 30.5 Å². The molecule has 3 rings (SSSR count). The van der Waals surface area contributed by atoms with Crippen LogP contribution in [0.2, 0.25) is 0 Å². The van der Waals surface area contributed by atoms with Gasteiger partial charge in [-0.05, 0) is 30.5 Å². The van der Waals surface area contributed by atoms with E-state index in [0.29, 0.717) is 0 Å². The molecule has 106 valence electrons. The van der Waals surface area contributed by atoms with Crippen molar-refractivity contribution < 1.29 is 9.84 Å². The predicted octanol–water partition coefficient (Wildman–Crippen LogP) is 2.93. The third-order valence-electron chi connectivity index (χ3n) is 3.53. The fraction of sp³-hybridized carbons (Fsp3) is 0.400. The number of aromatic hydroxyl groups is 1. The first-order valence-electron chi connectivity index (χ1n) is 6.71. The van der Waals surface area contributed by atoms with Gasteiger partial charge in [-0.2, -0.15) is 0 Å². The topological polar surface area (TPSA) is 45.6 Å². The number of anilines is 1. The van der Waals surface area contributed by atoms with Gasteiger partial charge in [-0.25, -0.2) is 4.98 Å². The number of nitrogens with zero attached hydrogens (tertiary/aromatic N) is 2. The zero-order valence-electron chi connectivity index (χ0n) is 11.3. The third-order valence-corrected chi connectivity index (χ3v) is 4.25. The van der Waals surface area contributed by atoms with Gasteiger partial charge in [0.1, 0.15) is 11.6 Å². The second-order valence-corrected chi connectivity index (χ2v) is 5.82. The molecule has 5 heteroatoms. The molecular formula is C15H17BrN2O2. The Morgan fingerprint density at radius 3 is 3.05 bits per heavy atom. The molecular weight excluding hydrogens is 320 g/mol. The lowest BCUT2D eigenvalue weighted by Gasteiger charge is -2.37. The second-order valence-electron chi connectivity index (χ2n) is 5.17. The zero-order valence-corrected chi connectivity index (χ0v) is 12.9. The highest BCUT2D eigenvalue weighted by molar-refractivity contribution is 9.09.